The van der Waals surface area contributed by atoms with Crippen LogP contribution >= 0.6 is 0 Å². The lowest BCUT2D eigenvalue weighted by molar-refractivity contribution is 0.0956. The molecule has 0 aliphatic rings. The highest BCUT2D eigenvalue weighted by Crippen LogP contribution is 2.17. The number of anilines is 1. The van der Waals surface area contributed by atoms with Crippen molar-refractivity contribution < 1.29 is 4.79 Å². The van der Waals surface area contributed by atoms with E-state index in [2.05, 4.69) is 15.6 Å². The summed E-state index contributed by atoms with van der Waals surface area (Å²) >= 11 is 0. The minimum atomic E-state index is -0.0335. The minimum absolute atomic E-state index is 0.0335. The van der Waals surface area contributed by atoms with Crippen molar-refractivity contribution in [1.82, 2.24) is 14.9 Å². The van der Waals surface area contributed by atoms with Crippen LogP contribution in [0.25, 0.3) is 0 Å². The first-order valence-electron chi connectivity index (χ1n) is 6.69. The maximum atomic E-state index is 11.8. The molecule has 0 saturated carbocycles. The van der Waals surface area contributed by atoms with E-state index in [1.807, 2.05) is 49.9 Å². The first-order valence-corrected chi connectivity index (χ1v) is 6.69. The van der Waals surface area contributed by atoms with Crippen LogP contribution in [-0.2, 0) is 13.6 Å². The van der Waals surface area contributed by atoms with Gasteiger partial charge in [-0.3, -0.25) is 4.79 Å². The van der Waals surface area contributed by atoms with Crippen LogP contribution in [0.3, 0.4) is 0 Å². The molecule has 0 atom stereocenters. The highest BCUT2D eigenvalue weighted by molar-refractivity contribution is 5.94. The molecule has 0 aliphatic heterocycles. The van der Waals surface area contributed by atoms with Gasteiger partial charge in [0.1, 0.15) is 0 Å². The Kier molecular flexibility index (Phi) is 4.40. The molecule has 0 bridgehead atoms. The lowest BCUT2D eigenvalue weighted by Crippen LogP contribution is -2.22. The van der Waals surface area contributed by atoms with E-state index in [4.69, 9.17) is 0 Å². The van der Waals surface area contributed by atoms with Gasteiger partial charge in [-0.2, -0.15) is 0 Å². The normalized spacial score (nSPS) is 10.3. The average Bonchev–Trinajstić information content (AvgIpc) is 2.83. The van der Waals surface area contributed by atoms with Crippen molar-refractivity contribution in [3.63, 3.8) is 0 Å². The monoisotopic (exact) mass is 272 g/mol. The molecule has 0 unspecified atom stereocenters. The summed E-state index contributed by atoms with van der Waals surface area (Å²) in [6.45, 7) is 5.25. The Morgan fingerprint density at radius 2 is 2.20 bits per heavy atom. The van der Waals surface area contributed by atoms with Gasteiger partial charge in [-0.15, -0.1) is 0 Å². The van der Waals surface area contributed by atoms with Gasteiger partial charge in [0, 0.05) is 31.0 Å². The van der Waals surface area contributed by atoms with Crippen molar-refractivity contribution in [2.75, 3.05) is 11.9 Å². The number of rotatable bonds is 5. The van der Waals surface area contributed by atoms with Gasteiger partial charge in [0.15, 0.2) is 0 Å². The number of amides is 1. The van der Waals surface area contributed by atoms with Crippen molar-refractivity contribution >= 4 is 11.6 Å². The third-order valence-corrected chi connectivity index (χ3v) is 3.20. The van der Waals surface area contributed by atoms with Crippen molar-refractivity contribution in [3.8, 4) is 0 Å². The molecule has 0 radical (unpaired) electrons. The minimum Gasteiger partial charge on any atom is -0.379 e. The van der Waals surface area contributed by atoms with Gasteiger partial charge in [-0.25, -0.2) is 4.98 Å². The van der Waals surface area contributed by atoms with E-state index in [9.17, 15) is 4.79 Å². The Morgan fingerprint density at radius 3 is 2.80 bits per heavy atom. The number of nitrogens with zero attached hydrogens (tertiary/aromatic N) is 2. The van der Waals surface area contributed by atoms with Crippen LogP contribution in [0, 0.1) is 6.92 Å². The molecule has 0 aliphatic carbocycles. The smallest absolute Gasteiger partial charge is 0.251 e. The average molecular weight is 272 g/mol. The summed E-state index contributed by atoms with van der Waals surface area (Å²) in [7, 11) is 1.97. The fraction of sp³-hybridized carbons (Fsp3) is 0.333. The van der Waals surface area contributed by atoms with Crippen LogP contribution in [0.5, 0.6) is 0 Å². The molecule has 0 fully saturated rings. The molecule has 1 heterocycles. The van der Waals surface area contributed by atoms with Gasteiger partial charge in [-0.05, 0) is 37.6 Å². The Bertz CT molecular complexity index is 604. The second kappa shape index (κ2) is 6.23. The molecule has 5 heteroatoms. The van der Waals surface area contributed by atoms with Gasteiger partial charge >= 0.3 is 0 Å². The number of benzene rings is 1. The van der Waals surface area contributed by atoms with Gasteiger partial charge < -0.3 is 15.2 Å². The third kappa shape index (κ3) is 3.17. The van der Waals surface area contributed by atoms with E-state index in [1.165, 1.54) is 0 Å². The number of carbonyl (C=O) groups is 1. The summed E-state index contributed by atoms with van der Waals surface area (Å²) in [5.41, 5.74) is 3.88. The predicted molar refractivity (Wildman–Crippen MR) is 79.7 cm³/mol. The molecule has 1 aromatic carbocycles. The summed E-state index contributed by atoms with van der Waals surface area (Å²) in [6, 6.07) is 5.68. The lowest BCUT2D eigenvalue weighted by atomic mass is 10.1. The number of imidazole rings is 1. The number of aromatic nitrogens is 2. The van der Waals surface area contributed by atoms with Crippen LogP contribution in [-0.4, -0.2) is 22.0 Å². The summed E-state index contributed by atoms with van der Waals surface area (Å²) in [5, 5.41) is 6.16. The van der Waals surface area contributed by atoms with E-state index >= 15 is 0 Å². The quantitative estimate of drug-likeness (QED) is 0.876. The fourth-order valence-electron chi connectivity index (χ4n) is 2.01. The van der Waals surface area contributed by atoms with Crippen LogP contribution in [0.1, 0.15) is 28.5 Å². The molecule has 0 spiro atoms. The lowest BCUT2D eigenvalue weighted by Gasteiger charge is -2.11. The van der Waals surface area contributed by atoms with E-state index < -0.39 is 0 Å². The van der Waals surface area contributed by atoms with Crippen molar-refractivity contribution in [1.29, 1.82) is 0 Å². The first-order chi connectivity index (χ1) is 9.61. The standard InChI is InChI=1S/C15H20N4O/c1-4-17-15(20)12-5-6-14(11(2)7-12)18-9-13-8-16-10-19(13)3/h5-8,10,18H,4,9H2,1-3H3,(H,17,20). The highest BCUT2D eigenvalue weighted by Gasteiger charge is 2.07. The first kappa shape index (κ1) is 14.1. The van der Waals surface area contributed by atoms with E-state index in [-0.39, 0.29) is 5.91 Å². The van der Waals surface area contributed by atoms with E-state index in [1.54, 1.807) is 6.33 Å². The zero-order chi connectivity index (χ0) is 14.5. The Labute approximate surface area is 119 Å². The Morgan fingerprint density at radius 1 is 1.40 bits per heavy atom. The van der Waals surface area contributed by atoms with Gasteiger partial charge in [-0.1, -0.05) is 0 Å². The Balaban J connectivity index is 2.06. The molecule has 20 heavy (non-hydrogen) atoms. The molecular formula is C15H20N4O. The number of carbonyl (C=O) groups excluding carboxylic acids is 1. The van der Waals surface area contributed by atoms with Crippen molar-refractivity contribution in [2.45, 2.75) is 20.4 Å². The maximum Gasteiger partial charge on any atom is 0.251 e. The van der Waals surface area contributed by atoms with Crippen molar-refractivity contribution in [2.24, 2.45) is 7.05 Å². The third-order valence-electron chi connectivity index (χ3n) is 3.20. The van der Waals surface area contributed by atoms with Crippen LogP contribution < -0.4 is 10.6 Å². The molecule has 5 nitrogen and oxygen atoms in total. The molecule has 2 rings (SSSR count). The number of hydrogen-bond acceptors (Lipinski definition) is 3. The Hall–Kier alpha value is -2.30. The van der Waals surface area contributed by atoms with Crippen LogP contribution in [0.15, 0.2) is 30.7 Å². The second-order valence-corrected chi connectivity index (χ2v) is 4.74. The fourth-order valence-corrected chi connectivity index (χ4v) is 2.01. The summed E-state index contributed by atoms with van der Waals surface area (Å²) < 4.78 is 1.98. The molecule has 106 valence electrons. The number of aryl methyl sites for hydroxylation is 2. The predicted octanol–water partition coefficient (Wildman–Crippen LogP) is 2.09. The molecule has 2 N–H and O–H groups in total. The zero-order valence-corrected chi connectivity index (χ0v) is 12.1. The van der Waals surface area contributed by atoms with Crippen molar-refractivity contribution in [3.05, 3.63) is 47.5 Å². The highest BCUT2D eigenvalue weighted by atomic mass is 16.1. The van der Waals surface area contributed by atoms with Crippen LogP contribution in [0.4, 0.5) is 5.69 Å². The zero-order valence-electron chi connectivity index (χ0n) is 12.1. The molecule has 1 aromatic heterocycles. The molecule has 0 saturated heterocycles. The summed E-state index contributed by atoms with van der Waals surface area (Å²) in [6.07, 6.45) is 3.62. The molecule has 2 aromatic rings. The van der Waals surface area contributed by atoms with Crippen LogP contribution in [0.2, 0.25) is 0 Å². The number of nitrogens with one attached hydrogen (secondary N) is 2. The SMILES string of the molecule is CCNC(=O)c1ccc(NCc2cncn2C)c(C)c1. The second-order valence-electron chi connectivity index (χ2n) is 4.74. The van der Waals surface area contributed by atoms with Gasteiger partial charge in [0.25, 0.3) is 5.91 Å². The largest absolute Gasteiger partial charge is 0.379 e. The number of hydrogen-bond donors (Lipinski definition) is 2. The summed E-state index contributed by atoms with van der Waals surface area (Å²) in [5.74, 6) is -0.0335. The van der Waals surface area contributed by atoms with Gasteiger partial charge in [0.05, 0.1) is 18.6 Å². The molecule has 1 amide bonds. The van der Waals surface area contributed by atoms with Gasteiger partial charge in [0.2, 0.25) is 0 Å². The maximum absolute atomic E-state index is 11.8. The summed E-state index contributed by atoms with van der Waals surface area (Å²) in [4.78, 5) is 15.8. The van der Waals surface area contributed by atoms with E-state index in [0.717, 1.165) is 16.9 Å². The molecular weight excluding hydrogens is 252 g/mol. The topological polar surface area (TPSA) is 59.0 Å². The van der Waals surface area contributed by atoms with E-state index in [0.29, 0.717) is 18.7 Å².